The summed E-state index contributed by atoms with van der Waals surface area (Å²) in [6.07, 6.45) is 17.8. The molecule has 2 heteroatoms. The van der Waals surface area contributed by atoms with E-state index in [4.69, 9.17) is 0 Å². The lowest BCUT2D eigenvalue weighted by molar-refractivity contribution is 0.755. The van der Waals surface area contributed by atoms with Gasteiger partial charge < -0.3 is 9.80 Å². The number of nitrogens with zero attached hydrogens (tertiary/aromatic N) is 2. The lowest BCUT2D eigenvalue weighted by atomic mass is 9.65. The van der Waals surface area contributed by atoms with Gasteiger partial charge in [-0.25, -0.2) is 0 Å². The van der Waals surface area contributed by atoms with Gasteiger partial charge in [-0.1, -0.05) is 364 Å². The van der Waals surface area contributed by atoms with Gasteiger partial charge in [0.05, 0.1) is 16.2 Å². The van der Waals surface area contributed by atoms with E-state index in [2.05, 4.69) is 422 Å². The smallest absolute Gasteiger partial charge is 0.0725 e. The van der Waals surface area contributed by atoms with Crippen molar-refractivity contribution in [2.75, 3.05) is 9.80 Å². The molecule has 2 nitrogen and oxygen atoms in total. The highest BCUT2D eigenvalue weighted by Crippen LogP contribution is 2.63. The van der Waals surface area contributed by atoms with E-state index in [-0.39, 0.29) is 0 Å². The Bertz CT molecular complexity index is 6000. The van der Waals surface area contributed by atoms with E-state index >= 15 is 0 Å². The van der Waals surface area contributed by atoms with E-state index < -0.39 is 16.2 Å². The molecule has 0 aromatic heterocycles. The van der Waals surface area contributed by atoms with Gasteiger partial charge in [0, 0.05) is 35.8 Å². The zero-order chi connectivity index (χ0) is 74.6. The van der Waals surface area contributed by atoms with Crippen LogP contribution in [0.25, 0.3) is 69.8 Å². The van der Waals surface area contributed by atoms with Crippen molar-refractivity contribution in [3.05, 3.63) is 510 Å². The summed E-state index contributed by atoms with van der Waals surface area (Å²) >= 11 is 0. The fourth-order valence-corrected chi connectivity index (χ4v) is 20.7. The molecule has 6 aliphatic rings. The molecule has 0 radical (unpaired) electrons. The first-order valence-electron chi connectivity index (χ1n) is 40.2. The van der Waals surface area contributed by atoms with E-state index in [0.29, 0.717) is 13.1 Å². The minimum Gasteiger partial charge on any atom is -0.337 e. The predicted octanol–water partition coefficient (Wildman–Crippen LogP) is 26.5. The van der Waals surface area contributed by atoms with Crippen molar-refractivity contribution >= 4 is 59.2 Å². The van der Waals surface area contributed by atoms with Gasteiger partial charge in [-0.05, 0) is 241 Å². The average Bonchev–Trinajstić information content (AvgIpc) is 1.55. The number of hydrogen-bond donors (Lipinski definition) is 0. The fraction of sp³-hybridized carbons (Fsp3) is 0.0811. The second kappa shape index (κ2) is 26.8. The van der Waals surface area contributed by atoms with Crippen LogP contribution in [0.3, 0.4) is 0 Å². The molecule has 3 spiro atoms. The first kappa shape index (κ1) is 66.3. The molecule has 0 saturated heterocycles. The maximum atomic E-state index is 2.60. The van der Waals surface area contributed by atoms with Crippen LogP contribution in [0.15, 0.2) is 376 Å². The van der Waals surface area contributed by atoms with E-state index in [0.717, 1.165) is 25.7 Å². The molecule has 16 aromatic carbocycles. The van der Waals surface area contributed by atoms with Crippen molar-refractivity contribution in [3.8, 4) is 33.4 Å². The third-order valence-corrected chi connectivity index (χ3v) is 25.7. The van der Waals surface area contributed by atoms with Crippen molar-refractivity contribution < 1.29 is 0 Å². The Morgan fingerprint density at radius 3 is 0.549 bits per heavy atom. The third-order valence-electron chi connectivity index (χ3n) is 25.7. The molecule has 0 heterocycles. The second-order valence-electron chi connectivity index (χ2n) is 31.6. The lowest BCUT2D eigenvalue weighted by Gasteiger charge is -2.36. The number of hydrogen-bond acceptors (Lipinski definition) is 2. The molecule has 0 atom stereocenters. The number of aryl methyl sites for hydroxylation is 4. The molecule has 22 rings (SSSR count). The molecule has 0 unspecified atom stereocenters. The van der Waals surface area contributed by atoms with Crippen LogP contribution in [0.4, 0.5) is 22.7 Å². The van der Waals surface area contributed by atoms with Crippen LogP contribution < -0.4 is 9.80 Å². The summed E-state index contributed by atoms with van der Waals surface area (Å²) in [7, 11) is 0. The topological polar surface area (TPSA) is 6.48 Å². The molecule has 534 valence electrons. The van der Waals surface area contributed by atoms with Gasteiger partial charge in [-0.3, -0.25) is 0 Å². The Kier molecular flexibility index (Phi) is 15.8. The van der Waals surface area contributed by atoms with Crippen molar-refractivity contribution in [2.24, 2.45) is 0 Å². The molecule has 0 bridgehead atoms. The number of fused-ring (bicyclic) bond motifs is 27. The summed E-state index contributed by atoms with van der Waals surface area (Å²) in [6.45, 7) is 1.43. The molecule has 0 saturated carbocycles. The Balaban J connectivity index is 0.627. The number of rotatable bonds is 14. The minimum absolute atomic E-state index is 0.584. The van der Waals surface area contributed by atoms with Crippen LogP contribution in [0.5, 0.6) is 0 Å². The maximum absolute atomic E-state index is 2.60. The summed E-state index contributed by atoms with van der Waals surface area (Å²) in [5.74, 6) is 0. The van der Waals surface area contributed by atoms with E-state index in [9.17, 15) is 0 Å². The quantitative estimate of drug-likeness (QED) is 0.107. The van der Waals surface area contributed by atoms with Crippen molar-refractivity contribution in [2.45, 2.75) is 55.0 Å². The second-order valence-corrected chi connectivity index (χ2v) is 31.6. The Morgan fingerprint density at radius 2 is 0.336 bits per heavy atom. The molecular formula is C111H80N2. The van der Waals surface area contributed by atoms with Crippen LogP contribution >= 0.6 is 0 Å². The molecular weight excluding hydrogens is 1360 g/mol. The first-order chi connectivity index (χ1) is 56.0. The highest BCUT2D eigenvalue weighted by atomic mass is 15.1. The fourth-order valence-electron chi connectivity index (χ4n) is 20.7. The zero-order valence-corrected chi connectivity index (χ0v) is 62.9. The van der Waals surface area contributed by atoms with Crippen LogP contribution in [0.2, 0.25) is 0 Å². The number of para-hydroxylation sites is 4. The van der Waals surface area contributed by atoms with Crippen molar-refractivity contribution in [1.29, 1.82) is 0 Å². The molecule has 0 amide bonds. The molecule has 0 fully saturated rings. The summed E-state index contributed by atoms with van der Waals surface area (Å²) in [4.78, 5) is 4.90. The number of benzene rings is 16. The van der Waals surface area contributed by atoms with E-state index in [1.165, 1.54) is 190 Å². The van der Waals surface area contributed by atoms with Gasteiger partial charge >= 0.3 is 0 Å². The van der Waals surface area contributed by atoms with Gasteiger partial charge in [0.15, 0.2) is 0 Å². The average molecular weight is 1440 g/mol. The lowest BCUT2D eigenvalue weighted by Crippen LogP contribution is -2.30. The van der Waals surface area contributed by atoms with Crippen LogP contribution in [0, 0.1) is 0 Å². The Hall–Kier alpha value is -13.7. The monoisotopic (exact) mass is 1440 g/mol. The van der Waals surface area contributed by atoms with Crippen molar-refractivity contribution in [3.63, 3.8) is 0 Å². The zero-order valence-electron chi connectivity index (χ0n) is 62.9. The normalized spacial score (nSPS) is 14.2. The molecule has 0 aliphatic heterocycles. The van der Waals surface area contributed by atoms with Gasteiger partial charge in [0.2, 0.25) is 0 Å². The SMILES string of the molecule is C1=Cc2ccc(CCc3ccc4c(c3)C3(c5cc(CN(c6ccccc6)c6ccccc6)ccc5C=C4)c4ccccc4-c4ccccc43)cc2C2(c3cc(CCc4ccc5c(c4)C4(c6cc(CN(c7ccccc7)c7ccccc7)ccc6C=C5)c5ccccc5-c5ccccc54)ccc31)c1ccccc1-c1ccccc12. The standard InChI is InChI=1S/C111H80N2/c1-5-25-87(26-6-1)112(88-27-7-2-8-28-88)73-79-53-59-85-65-63-83-57-51-77(69-105(83)110(107(85)71-79)99-41-21-15-35-93(99)94-36-16-22-42-100(94)110)47-45-75-49-55-81-61-62-82-56-50-76(68-104(82)109(103(81)67-75)97-39-19-13-33-91(97)92-34-14-20-40-98(92)109)46-48-78-52-58-84-64-66-86-60-54-80(74-113(89-29-9-3-10-30-89)90-31-11-4-12-32-90)72-108(86)111(106(84)70-78)101-43-23-17-37-95(101)96-38-18-24-44-102(96)111/h1-44,49-72H,45-48,73-74H2. The Labute approximate surface area is 662 Å². The molecule has 0 N–H and O–H groups in total. The van der Waals surface area contributed by atoms with Crippen LogP contribution in [-0.2, 0) is 55.0 Å². The predicted molar refractivity (Wildman–Crippen MR) is 470 cm³/mol. The molecule has 6 aliphatic carbocycles. The summed E-state index contributed by atoms with van der Waals surface area (Å²) < 4.78 is 0. The maximum Gasteiger partial charge on any atom is 0.0725 e. The van der Waals surface area contributed by atoms with Gasteiger partial charge in [-0.2, -0.15) is 0 Å². The molecule has 113 heavy (non-hydrogen) atoms. The van der Waals surface area contributed by atoms with Crippen molar-refractivity contribution in [1.82, 2.24) is 0 Å². The van der Waals surface area contributed by atoms with Crippen LogP contribution in [-0.4, -0.2) is 0 Å². The first-order valence-corrected chi connectivity index (χ1v) is 40.2. The van der Waals surface area contributed by atoms with E-state index in [1.807, 2.05) is 0 Å². The highest BCUT2D eigenvalue weighted by molar-refractivity contribution is 5.95. The third kappa shape index (κ3) is 10.5. The summed E-state index contributed by atoms with van der Waals surface area (Å²) in [6, 6.07) is 143. The Morgan fingerprint density at radius 1 is 0.159 bits per heavy atom. The van der Waals surface area contributed by atoms with Gasteiger partial charge in [-0.15, -0.1) is 0 Å². The summed E-state index contributed by atoms with van der Waals surface area (Å²) in [5, 5.41) is 0. The van der Waals surface area contributed by atoms with E-state index in [1.54, 1.807) is 0 Å². The van der Waals surface area contributed by atoms with Gasteiger partial charge in [0.25, 0.3) is 0 Å². The minimum atomic E-state index is -0.595. The van der Waals surface area contributed by atoms with Crippen LogP contribution in [0.1, 0.15) is 134 Å². The van der Waals surface area contributed by atoms with Gasteiger partial charge in [0.1, 0.15) is 0 Å². The summed E-state index contributed by atoms with van der Waals surface area (Å²) in [5.41, 5.74) is 42.1. The largest absolute Gasteiger partial charge is 0.337 e. The highest BCUT2D eigenvalue weighted by Gasteiger charge is 2.52. The number of anilines is 4. The molecule has 16 aromatic rings.